The van der Waals surface area contributed by atoms with E-state index in [1.165, 1.54) is 13.8 Å². The molecule has 0 aliphatic carbocycles. The topological polar surface area (TPSA) is 65.1 Å². The number of rotatable bonds is 3. The highest BCUT2D eigenvalue weighted by atomic mass is 16.7. The van der Waals surface area contributed by atoms with Crippen LogP contribution in [0.25, 0.3) is 0 Å². The van der Waals surface area contributed by atoms with Crippen molar-refractivity contribution in [2.24, 2.45) is 0 Å². The lowest BCUT2D eigenvalue weighted by Crippen LogP contribution is -2.56. The Labute approximate surface area is 107 Å². The van der Waals surface area contributed by atoms with E-state index in [4.69, 9.17) is 14.2 Å². The summed E-state index contributed by atoms with van der Waals surface area (Å²) in [5.41, 5.74) is 0. The molecule has 1 aliphatic rings. The molecule has 0 aromatic carbocycles. The Bertz CT molecular complexity index is 318. The van der Waals surface area contributed by atoms with Crippen LogP contribution in [-0.4, -0.2) is 55.5 Å². The molecule has 104 valence electrons. The highest BCUT2D eigenvalue weighted by Gasteiger charge is 2.42. The van der Waals surface area contributed by atoms with Crippen molar-refractivity contribution in [2.75, 3.05) is 14.1 Å². The van der Waals surface area contributed by atoms with E-state index in [9.17, 15) is 9.59 Å². The summed E-state index contributed by atoms with van der Waals surface area (Å²) in [6.07, 6.45) is -0.795. The summed E-state index contributed by atoms with van der Waals surface area (Å²) in [4.78, 5) is 24.2. The number of hydrogen-bond acceptors (Lipinski definition) is 6. The first kappa shape index (κ1) is 14.9. The number of hydrogen-bond donors (Lipinski definition) is 0. The number of ether oxygens (including phenoxy) is 3. The first-order valence-electron chi connectivity index (χ1n) is 5.97. The van der Waals surface area contributed by atoms with E-state index in [2.05, 4.69) is 0 Å². The van der Waals surface area contributed by atoms with Crippen molar-refractivity contribution < 1.29 is 23.8 Å². The van der Waals surface area contributed by atoms with Gasteiger partial charge in [-0.3, -0.25) is 9.59 Å². The molecule has 4 atom stereocenters. The predicted octanol–water partition coefficient (Wildman–Crippen LogP) is 0.546. The summed E-state index contributed by atoms with van der Waals surface area (Å²) in [5, 5.41) is 0. The molecular formula is C12H21NO5. The molecule has 1 aliphatic heterocycles. The van der Waals surface area contributed by atoms with Gasteiger partial charge < -0.3 is 19.1 Å². The lowest BCUT2D eigenvalue weighted by Gasteiger charge is -2.41. The standard InChI is InChI=1S/C12H21NO5/c1-7-6-10(13(4)5)11(17-8(2)14)12(16-7)18-9(3)15/h7,10-12H,6H2,1-5H3/t7-,10+,11-,12+/m1/s1. The zero-order valence-corrected chi connectivity index (χ0v) is 11.5. The van der Waals surface area contributed by atoms with E-state index in [-0.39, 0.29) is 12.1 Å². The molecule has 1 rings (SSSR count). The van der Waals surface area contributed by atoms with Crippen LogP contribution in [-0.2, 0) is 23.8 Å². The van der Waals surface area contributed by atoms with Crippen molar-refractivity contribution in [3.63, 3.8) is 0 Å². The van der Waals surface area contributed by atoms with Crippen LogP contribution in [0.15, 0.2) is 0 Å². The first-order chi connectivity index (χ1) is 8.31. The number of carbonyl (C=O) groups excluding carboxylic acids is 2. The van der Waals surface area contributed by atoms with Gasteiger partial charge in [0.05, 0.1) is 12.1 Å². The molecule has 0 aromatic rings. The van der Waals surface area contributed by atoms with Crippen molar-refractivity contribution in [3.05, 3.63) is 0 Å². The largest absolute Gasteiger partial charge is 0.454 e. The molecule has 1 heterocycles. The summed E-state index contributed by atoms with van der Waals surface area (Å²) in [6, 6.07) is -0.0398. The van der Waals surface area contributed by atoms with Gasteiger partial charge in [-0.05, 0) is 27.4 Å². The maximum atomic E-state index is 11.2. The molecule has 1 saturated heterocycles. The lowest BCUT2D eigenvalue weighted by atomic mass is 9.99. The predicted molar refractivity (Wildman–Crippen MR) is 63.7 cm³/mol. The Morgan fingerprint density at radius 3 is 2.17 bits per heavy atom. The average molecular weight is 259 g/mol. The van der Waals surface area contributed by atoms with Gasteiger partial charge in [0.2, 0.25) is 6.29 Å². The molecule has 0 saturated carbocycles. The normalized spacial score (nSPS) is 32.1. The Morgan fingerprint density at radius 2 is 1.72 bits per heavy atom. The van der Waals surface area contributed by atoms with Crippen LogP contribution in [0.2, 0.25) is 0 Å². The summed E-state index contributed by atoms with van der Waals surface area (Å²) >= 11 is 0. The van der Waals surface area contributed by atoms with Gasteiger partial charge in [0.1, 0.15) is 0 Å². The van der Waals surface area contributed by atoms with Crippen molar-refractivity contribution in [1.29, 1.82) is 0 Å². The summed E-state index contributed by atoms with van der Waals surface area (Å²) < 4.78 is 15.9. The quantitative estimate of drug-likeness (QED) is 0.689. The maximum absolute atomic E-state index is 11.2. The van der Waals surface area contributed by atoms with Gasteiger partial charge in [-0.2, -0.15) is 0 Å². The number of carbonyl (C=O) groups is 2. The van der Waals surface area contributed by atoms with Crippen LogP contribution in [0.3, 0.4) is 0 Å². The summed E-state index contributed by atoms with van der Waals surface area (Å²) in [7, 11) is 3.79. The molecule has 0 radical (unpaired) electrons. The van der Waals surface area contributed by atoms with Gasteiger partial charge in [-0.1, -0.05) is 0 Å². The average Bonchev–Trinajstić information content (AvgIpc) is 2.19. The molecule has 6 heteroatoms. The Hall–Kier alpha value is -1.14. The van der Waals surface area contributed by atoms with Gasteiger partial charge in [0.15, 0.2) is 6.10 Å². The van der Waals surface area contributed by atoms with Crippen LogP contribution in [0.4, 0.5) is 0 Å². The van der Waals surface area contributed by atoms with Gasteiger partial charge in [0, 0.05) is 13.8 Å². The van der Waals surface area contributed by atoms with E-state index >= 15 is 0 Å². The number of esters is 2. The third-order valence-corrected chi connectivity index (χ3v) is 2.83. The van der Waals surface area contributed by atoms with E-state index in [1.54, 1.807) is 0 Å². The fraction of sp³-hybridized carbons (Fsp3) is 0.833. The minimum atomic E-state index is -0.845. The number of nitrogens with zero attached hydrogens (tertiary/aromatic N) is 1. The molecule has 0 unspecified atom stereocenters. The summed E-state index contributed by atoms with van der Waals surface area (Å²) in [5.74, 6) is -0.870. The van der Waals surface area contributed by atoms with Crippen molar-refractivity contribution in [1.82, 2.24) is 4.90 Å². The molecule has 0 aromatic heterocycles. The SMILES string of the molecule is CC(=O)O[C@@H]1O[C@H](C)C[C@H](N(C)C)[C@H]1OC(C)=O. The molecule has 6 nitrogen and oxygen atoms in total. The fourth-order valence-corrected chi connectivity index (χ4v) is 2.11. The highest BCUT2D eigenvalue weighted by Crippen LogP contribution is 2.26. The Morgan fingerprint density at radius 1 is 1.17 bits per heavy atom. The monoisotopic (exact) mass is 259 g/mol. The Balaban J connectivity index is 2.87. The number of likely N-dealkylation sites (N-methyl/N-ethyl adjacent to an activating group) is 1. The van der Waals surface area contributed by atoms with Crippen LogP contribution >= 0.6 is 0 Å². The van der Waals surface area contributed by atoms with Gasteiger partial charge in [-0.25, -0.2) is 0 Å². The molecule has 1 fully saturated rings. The van der Waals surface area contributed by atoms with Crippen molar-refractivity contribution >= 4 is 11.9 Å². The molecule has 0 spiro atoms. The van der Waals surface area contributed by atoms with E-state index < -0.39 is 24.3 Å². The molecule has 18 heavy (non-hydrogen) atoms. The minimum Gasteiger partial charge on any atom is -0.454 e. The molecule has 0 N–H and O–H groups in total. The maximum Gasteiger partial charge on any atom is 0.305 e. The second-order valence-electron chi connectivity index (χ2n) is 4.77. The molecule has 0 bridgehead atoms. The second kappa shape index (κ2) is 6.15. The van der Waals surface area contributed by atoms with Gasteiger partial charge >= 0.3 is 11.9 Å². The van der Waals surface area contributed by atoms with E-state index in [0.717, 1.165) is 0 Å². The fourth-order valence-electron chi connectivity index (χ4n) is 2.11. The lowest BCUT2D eigenvalue weighted by molar-refractivity contribution is -0.251. The van der Waals surface area contributed by atoms with Crippen LogP contribution in [0.1, 0.15) is 27.2 Å². The summed E-state index contributed by atoms with van der Waals surface area (Å²) in [6.45, 7) is 4.53. The van der Waals surface area contributed by atoms with Crippen LogP contribution in [0, 0.1) is 0 Å². The molecular weight excluding hydrogens is 238 g/mol. The third-order valence-electron chi connectivity index (χ3n) is 2.83. The van der Waals surface area contributed by atoms with Crippen molar-refractivity contribution in [3.8, 4) is 0 Å². The highest BCUT2D eigenvalue weighted by molar-refractivity contribution is 5.67. The Kier molecular flexibility index (Phi) is 5.10. The minimum absolute atomic E-state index is 0.0398. The third kappa shape index (κ3) is 3.96. The van der Waals surface area contributed by atoms with Crippen molar-refractivity contribution in [2.45, 2.75) is 51.7 Å². The zero-order valence-electron chi connectivity index (χ0n) is 11.5. The van der Waals surface area contributed by atoms with E-state index in [0.29, 0.717) is 6.42 Å². The zero-order chi connectivity index (χ0) is 13.9. The first-order valence-corrected chi connectivity index (χ1v) is 5.97. The van der Waals surface area contributed by atoms with E-state index in [1.807, 2.05) is 25.9 Å². The smallest absolute Gasteiger partial charge is 0.305 e. The van der Waals surface area contributed by atoms with Crippen LogP contribution in [0.5, 0.6) is 0 Å². The molecule has 0 amide bonds. The second-order valence-corrected chi connectivity index (χ2v) is 4.77. The van der Waals surface area contributed by atoms with Crippen LogP contribution < -0.4 is 0 Å². The van der Waals surface area contributed by atoms with Gasteiger partial charge in [-0.15, -0.1) is 0 Å². The van der Waals surface area contributed by atoms with Gasteiger partial charge in [0.25, 0.3) is 0 Å².